The number of nitrogens with zero attached hydrogens (tertiary/aromatic N) is 1. The van der Waals surface area contributed by atoms with Crippen molar-refractivity contribution in [1.29, 1.82) is 0 Å². The number of rotatable bonds is 2. The molecule has 5 nitrogen and oxygen atoms in total. The maximum atomic E-state index is 12.5. The van der Waals surface area contributed by atoms with E-state index in [1.165, 1.54) is 7.11 Å². The zero-order valence-corrected chi connectivity index (χ0v) is 13.1. The minimum absolute atomic E-state index is 0. The van der Waals surface area contributed by atoms with Gasteiger partial charge in [0.1, 0.15) is 0 Å². The fourth-order valence-corrected chi connectivity index (χ4v) is 3.15. The predicted octanol–water partition coefficient (Wildman–Crippen LogP) is 1.21. The molecule has 2 saturated heterocycles. The summed E-state index contributed by atoms with van der Waals surface area (Å²) in [4.78, 5) is 26.0. The number of piperidine rings is 2. The lowest BCUT2D eigenvalue weighted by molar-refractivity contribution is -0.150. The predicted molar refractivity (Wildman–Crippen MR) is 78.8 cm³/mol. The molecule has 2 aliphatic rings. The van der Waals surface area contributed by atoms with E-state index in [2.05, 4.69) is 12.2 Å². The zero-order valence-electron chi connectivity index (χ0n) is 12.3. The molecule has 2 aliphatic heterocycles. The molecule has 1 unspecified atom stereocenters. The van der Waals surface area contributed by atoms with Crippen LogP contribution in [0.1, 0.15) is 32.6 Å². The highest BCUT2D eigenvalue weighted by molar-refractivity contribution is 5.85. The number of carbonyl (C=O) groups is 2. The number of halogens is 1. The molecule has 3 atom stereocenters. The van der Waals surface area contributed by atoms with Gasteiger partial charge in [-0.2, -0.15) is 0 Å². The molecule has 1 N–H and O–H groups in total. The van der Waals surface area contributed by atoms with Crippen molar-refractivity contribution in [3.05, 3.63) is 0 Å². The monoisotopic (exact) mass is 304 g/mol. The molecule has 6 heteroatoms. The maximum Gasteiger partial charge on any atom is 0.310 e. The Balaban J connectivity index is 0.00000200. The maximum absolute atomic E-state index is 12.5. The van der Waals surface area contributed by atoms with E-state index in [-0.39, 0.29) is 36.1 Å². The Morgan fingerprint density at radius 2 is 2.00 bits per heavy atom. The topological polar surface area (TPSA) is 58.6 Å². The molecule has 2 rings (SSSR count). The molecule has 0 bridgehead atoms. The van der Waals surface area contributed by atoms with Gasteiger partial charge >= 0.3 is 5.97 Å². The first-order valence-electron chi connectivity index (χ1n) is 7.21. The van der Waals surface area contributed by atoms with Crippen LogP contribution in [0.5, 0.6) is 0 Å². The molecule has 20 heavy (non-hydrogen) atoms. The summed E-state index contributed by atoms with van der Waals surface area (Å²) in [6, 6.07) is 0.406. The Kier molecular flexibility index (Phi) is 6.76. The number of ether oxygens (including phenoxy) is 1. The standard InChI is InChI=1S/C14H24N2O3.ClH/c1-10-8-11(5-6-15-10)13(17)16-7-3-4-12(9-16)14(18)19-2;/h10-12,15H,3-9H2,1-2H3;1H/t10-,11-,12?;/m0./s1. The molecule has 0 aromatic rings. The third-order valence-electron chi connectivity index (χ3n) is 4.24. The minimum Gasteiger partial charge on any atom is -0.469 e. The third kappa shape index (κ3) is 4.09. The van der Waals surface area contributed by atoms with Gasteiger partial charge in [-0.05, 0) is 39.2 Å². The number of amides is 1. The van der Waals surface area contributed by atoms with Crippen LogP contribution in [0, 0.1) is 11.8 Å². The van der Waals surface area contributed by atoms with E-state index < -0.39 is 0 Å². The van der Waals surface area contributed by atoms with Gasteiger partial charge in [-0.1, -0.05) is 0 Å². The first kappa shape index (κ1) is 17.2. The van der Waals surface area contributed by atoms with Crippen LogP contribution in [-0.2, 0) is 14.3 Å². The van der Waals surface area contributed by atoms with E-state index in [0.717, 1.165) is 38.8 Å². The lowest BCUT2D eigenvalue weighted by atomic mass is 9.90. The Labute approximate surface area is 126 Å². The second-order valence-corrected chi connectivity index (χ2v) is 5.72. The normalized spacial score (nSPS) is 30.3. The van der Waals surface area contributed by atoms with E-state index in [0.29, 0.717) is 12.6 Å². The number of carbonyl (C=O) groups excluding carboxylic acids is 2. The Morgan fingerprint density at radius 1 is 1.25 bits per heavy atom. The molecule has 0 spiro atoms. The SMILES string of the molecule is COC(=O)C1CCCN(C(=O)[C@H]2CCN[C@@H](C)C2)C1.Cl. The van der Waals surface area contributed by atoms with Gasteiger partial charge in [0, 0.05) is 25.0 Å². The van der Waals surface area contributed by atoms with Crippen LogP contribution in [0.2, 0.25) is 0 Å². The van der Waals surface area contributed by atoms with Gasteiger partial charge in [-0.15, -0.1) is 12.4 Å². The highest BCUT2D eigenvalue weighted by Crippen LogP contribution is 2.23. The fourth-order valence-electron chi connectivity index (χ4n) is 3.15. The molecule has 2 heterocycles. The molecule has 0 saturated carbocycles. The van der Waals surface area contributed by atoms with Crippen LogP contribution in [0.25, 0.3) is 0 Å². The number of esters is 1. The van der Waals surface area contributed by atoms with Crippen molar-refractivity contribution in [2.45, 2.75) is 38.6 Å². The molecular formula is C14H25ClN2O3. The number of nitrogens with one attached hydrogen (secondary N) is 1. The van der Waals surface area contributed by atoms with Gasteiger partial charge in [0.25, 0.3) is 0 Å². The van der Waals surface area contributed by atoms with E-state index in [1.54, 1.807) is 0 Å². The first-order chi connectivity index (χ1) is 9.11. The van der Waals surface area contributed by atoms with Crippen molar-refractivity contribution in [2.24, 2.45) is 11.8 Å². The lowest BCUT2D eigenvalue weighted by Crippen LogP contribution is -2.48. The summed E-state index contributed by atoms with van der Waals surface area (Å²) < 4.78 is 4.79. The summed E-state index contributed by atoms with van der Waals surface area (Å²) in [5, 5.41) is 3.36. The quantitative estimate of drug-likeness (QED) is 0.779. The summed E-state index contributed by atoms with van der Waals surface area (Å²) in [7, 11) is 1.41. The van der Waals surface area contributed by atoms with Gasteiger partial charge in [-0.3, -0.25) is 9.59 Å². The summed E-state index contributed by atoms with van der Waals surface area (Å²) >= 11 is 0. The van der Waals surface area contributed by atoms with Crippen LogP contribution < -0.4 is 5.32 Å². The summed E-state index contributed by atoms with van der Waals surface area (Å²) in [5.41, 5.74) is 0. The minimum atomic E-state index is -0.184. The first-order valence-corrected chi connectivity index (χ1v) is 7.21. The van der Waals surface area contributed by atoms with Crippen molar-refractivity contribution in [3.8, 4) is 0 Å². The highest BCUT2D eigenvalue weighted by atomic mass is 35.5. The molecule has 1 amide bonds. The van der Waals surface area contributed by atoms with E-state index in [4.69, 9.17) is 4.74 Å². The average molecular weight is 305 g/mol. The molecule has 0 aromatic heterocycles. The number of likely N-dealkylation sites (tertiary alicyclic amines) is 1. The molecule has 2 fully saturated rings. The van der Waals surface area contributed by atoms with Crippen molar-refractivity contribution in [2.75, 3.05) is 26.7 Å². The Bertz CT molecular complexity index is 351. The van der Waals surface area contributed by atoms with Crippen LogP contribution in [-0.4, -0.2) is 49.6 Å². The van der Waals surface area contributed by atoms with Crippen molar-refractivity contribution in [1.82, 2.24) is 10.2 Å². The third-order valence-corrected chi connectivity index (χ3v) is 4.24. The Hall–Kier alpha value is -0.810. The summed E-state index contributed by atoms with van der Waals surface area (Å²) in [5.74, 6) is 0.0209. The second-order valence-electron chi connectivity index (χ2n) is 5.72. The van der Waals surface area contributed by atoms with Gasteiger partial charge in [0.2, 0.25) is 5.91 Å². The van der Waals surface area contributed by atoms with Crippen molar-refractivity contribution in [3.63, 3.8) is 0 Å². The molecular weight excluding hydrogens is 280 g/mol. The van der Waals surface area contributed by atoms with Crippen LogP contribution >= 0.6 is 12.4 Å². The van der Waals surface area contributed by atoms with Crippen molar-refractivity contribution < 1.29 is 14.3 Å². The fraction of sp³-hybridized carbons (Fsp3) is 0.857. The second kappa shape index (κ2) is 7.84. The van der Waals surface area contributed by atoms with Crippen LogP contribution in [0.4, 0.5) is 0 Å². The van der Waals surface area contributed by atoms with E-state index in [1.807, 2.05) is 4.90 Å². The van der Waals surface area contributed by atoms with Gasteiger partial charge in [-0.25, -0.2) is 0 Å². The van der Waals surface area contributed by atoms with Crippen LogP contribution in [0.15, 0.2) is 0 Å². The number of methoxy groups -OCH3 is 1. The van der Waals surface area contributed by atoms with Gasteiger partial charge in [0.05, 0.1) is 13.0 Å². The smallest absolute Gasteiger partial charge is 0.310 e. The largest absolute Gasteiger partial charge is 0.469 e. The summed E-state index contributed by atoms with van der Waals surface area (Å²) in [6.07, 6.45) is 3.53. The number of hydrogen-bond acceptors (Lipinski definition) is 4. The lowest BCUT2D eigenvalue weighted by Gasteiger charge is -2.36. The van der Waals surface area contributed by atoms with Crippen molar-refractivity contribution >= 4 is 24.3 Å². The highest BCUT2D eigenvalue weighted by Gasteiger charge is 2.33. The molecule has 116 valence electrons. The number of hydrogen-bond donors (Lipinski definition) is 1. The Morgan fingerprint density at radius 3 is 2.65 bits per heavy atom. The zero-order chi connectivity index (χ0) is 13.8. The average Bonchev–Trinajstić information content (AvgIpc) is 2.45. The molecule has 0 radical (unpaired) electrons. The van der Waals surface area contributed by atoms with E-state index in [9.17, 15) is 9.59 Å². The molecule has 0 aromatic carbocycles. The van der Waals surface area contributed by atoms with Gasteiger partial charge < -0.3 is 15.0 Å². The van der Waals surface area contributed by atoms with Gasteiger partial charge in [0.15, 0.2) is 0 Å². The molecule has 0 aliphatic carbocycles. The van der Waals surface area contributed by atoms with Crippen LogP contribution in [0.3, 0.4) is 0 Å². The van der Waals surface area contributed by atoms with E-state index >= 15 is 0 Å². The summed E-state index contributed by atoms with van der Waals surface area (Å²) in [6.45, 7) is 4.34.